The predicted octanol–water partition coefficient (Wildman–Crippen LogP) is 3.04. The number of hydrogen-bond donors (Lipinski definition) is 1. The van der Waals surface area contributed by atoms with E-state index in [2.05, 4.69) is 5.32 Å². The van der Waals surface area contributed by atoms with Gasteiger partial charge in [0.1, 0.15) is 5.82 Å². The minimum atomic E-state index is -0.221. The smallest absolute Gasteiger partial charge is 0.123 e. The summed E-state index contributed by atoms with van der Waals surface area (Å²) in [7, 11) is 1.95. The van der Waals surface area contributed by atoms with Crippen LogP contribution in [0.1, 0.15) is 18.4 Å². The molecule has 100 valence electrons. The lowest BCUT2D eigenvalue weighted by molar-refractivity contribution is 0.0158. The molecule has 1 aliphatic heterocycles. The van der Waals surface area contributed by atoms with Gasteiger partial charge < -0.3 is 10.1 Å². The summed E-state index contributed by atoms with van der Waals surface area (Å²) in [5.74, 6) is -0.221. The molecule has 1 fully saturated rings. The molecule has 4 heteroatoms. The van der Waals surface area contributed by atoms with E-state index in [0.29, 0.717) is 5.02 Å². The molecule has 1 aromatic rings. The molecule has 1 aliphatic rings. The fourth-order valence-corrected chi connectivity index (χ4v) is 2.86. The summed E-state index contributed by atoms with van der Waals surface area (Å²) in [6, 6.07) is 4.59. The summed E-state index contributed by atoms with van der Waals surface area (Å²) in [5.41, 5.74) is 1.03. The van der Waals surface area contributed by atoms with Crippen molar-refractivity contribution in [2.75, 3.05) is 26.8 Å². The van der Waals surface area contributed by atoms with Gasteiger partial charge in [-0.05, 0) is 55.5 Å². The second-order valence-electron chi connectivity index (χ2n) is 5.06. The van der Waals surface area contributed by atoms with Crippen LogP contribution in [0.15, 0.2) is 18.2 Å². The summed E-state index contributed by atoms with van der Waals surface area (Å²) >= 11 is 6.16. The fourth-order valence-electron chi connectivity index (χ4n) is 2.68. The molecule has 0 spiro atoms. The van der Waals surface area contributed by atoms with Crippen LogP contribution in [0.2, 0.25) is 5.02 Å². The van der Waals surface area contributed by atoms with Gasteiger partial charge in [-0.1, -0.05) is 11.6 Å². The molecule has 0 amide bonds. The molecule has 0 unspecified atom stereocenters. The molecule has 0 saturated carbocycles. The average molecular weight is 272 g/mol. The van der Waals surface area contributed by atoms with Crippen LogP contribution in [0.5, 0.6) is 0 Å². The van der Waals surface area contributed by atoms with Gasteiger partial charge in [-0.15, -0.1) is 0 Å². The van der Waals surface area contributed by atoms with E-state index >= 15 is 0 Å². The number of rotatable bonds is 4. The molecule has 1 saturated heterocycles. The van der Waals surface area contributed by atoms with Crippen molar-refractivity contribution in [2.24, 2.45) is 5.41 Å². The van der Waals surface area contributed by atoms with Gasteiger partial charge in [0.15, 0.2) is 0 Å². The standard InChI is InChI=1S/C14H19ClFNO/c1-17-10-14(4-6-18-7-5-14)9-11-8-12(16)2-3-13(11)15/h2-3,8,17H,4-7,9-10H2,1H3. The van der Waals surface area contributed by atoms with E-state index in [1.165, 1.54) is 6.07 Å². The van der Waals surface area contributed by atoms with Crippen LogP contribution in [0.4, 0.5) is 4.39 Å². The van der Waals surface area contributed by atoms with Crippen LogP contribution >= 0.6 is 11.6 Å². The van der Waals surface area contributed by atoms with Crippen molar-refractivity contribution in [3.8, 4) is 0 Å². The van der Waals surface area contributed by atoms with Crippen LogP contribution in [0.3, 0.4) is 0 Å². The first kappa shape index (κ1) is 13.8. The highest BCUT2D eigenvalue weighted by Crippen LogP contribution is 2.35. The van der Waals surface area contributed by atoms with Gasteiger partial charge in [-0.2, -0.15) is 0 Å². The lowest BCUT2D eigenvalue weighted by Gasteiger charge is -2.37. The summed E-state index contributed by atoms with van der Waals surface area (Å²) < 4.78 is 18.7. The number of halogens is 2. The molecule has 0 bridgehead atoms. The zero-order valence-corrected chi connectivity index (χ0v) is 11.4. The highest BCUT2D eigenvalue weighted by molar-refractivity contribution is 6.31. The summed E-state index contributed by atoms with van der Waals surface area (Å²) in [6.07, 6.45) is 2.77. The van der Waals surface area contributed by atoms with Crippen LogP contribution in [0, 0.1) is 11.2 Å². The molecule has 1 aromatic carbocycles. The number of benzene rings is 1. The highest BCUT2D eigenvalue weighted by Gasteiger charge is 2.32. The lowest BCUT2D eigenvalue weighted by atomic mass is 9.75. The maximum atomic E-state index is 13.3. The molecule has 1 heterocycles. The Morgan fingerprint density at radius 2 is 2.11 bits per heavy atom. The normalized spacial score (nSPS) is 18.8. The molecule has 0 aromatic heterocycles. The Labute approximate surface area is 112 Å². The van der Waals surface area contributed by atoms with Crippen LogP contribution < -0.4 is 5.32 Å². The topological polar surface area (TPSA) is 21.3 Å². The number of ether oxygens (including phenoxy) is 1. The third kappa shape index (κ3) is 3.22. The van der Waals surface area contributed by atoms with E-state index < -0.39 is 0 Å². The van der Waals surface area contributed by atoms with Gasteiger partial charge in [-0.3, -0.25) is 0 Å². The molecule has 18 heavy (non-hydrogen) atoms. The van der Waals surface area contributed by atoms with E-state index in [0.717, 1.165) is 44.6 Å². The maximum absolute atomic E-state index is 13.3. The quantitative estimate of drug-likeness (QED) is 0.909. The summed E-state index contributed by atoms with van der Waals surface area (Å²) in [4.78, 5) is 0. The Balaban J connectivity index is 2.19. The third-order valence-corrected chi connectivity index (χ3v) is 4.05. The van der Waals surface area contributed by atoms with Crippen LogP contribution in [-0.4, -0.2) is 26.8 Å². The molecule has 0 atom stereocenters. The molecule has 2 rings (SSSR count). The number of hydrogen-bond acceptors (Lipinski definition) is 2. The first-order chi connectivity index (χ1) is 8.65. The molecule has 1 N–H and O–H groups in total. The fraction of sp³-hybridized carbons (Fsp3) is 0.571. The minimum Gasteiger partial charge on any atom is -0.381 e. The SMILES string of the molecule is CNCC1(Cc2cc(F)ccc2Cl)CCOCC1. The van der Waals surface area contributed by atoms with Crippen molar-refractivity contribution < 1.29 is 9.13 Å². The summed E-state index contributed by atoms with van der Waals surface area (Å²) in [5, 5.41) is 3.89. The van der Waals surface area contributed by atoms with Crippen molar-refractivity contribution in [3.05, 3.63) is 34.6 Å². The first-order valence-corrected chi connectivity index (χ1v) is 6.69. The molecular formula is C14H19ClFNO. The van der Waals surface area contributed by atoms with E-state index in [9.17, 15) is 4.39 Å². The Morgan fingerprint density at radius 1 is 1.39 bits per heavy atom. The zero-order valence-electron chi connectivity index (χ0n) is 10.6. The largest absolute Gasteiger partial charge is 0.381 e. The van der Waals surface area contributed by atoms with Crippen molar-refractivity contribution in [1.29, 1.82) is 0 Å². The zero-order chi connectivity index (χ0) is 13.0. The van der Waals surface area contributed by atoms with Gasteiger partial charge in [0.2, 0.25) is 0 Å². The second-order valence-corrected chi connectivity index (χ2v) is 5.46. The van der Waals surface area contributed by atoms with Gasteiger partial charge in [0.25, 0.3) is 0 Å². The van der Waals surface area contributed by atoms with Gasteiger partial charge in [0.05, 0.1) is 0 Å². The Bertz CT molecular complexity index is 399. The molecule has 0 aliphatic carbocycles. The first-order valence-electron chi connectivity index (χ1n) is 6.31. The van der Waals surface area contributed by atoms with E-state index in [1.54, 1.807) is 12.1 Å². The maximum Gasteiger partial charge on any atom is 0.123 e. The molecular weight excluding hydrogens is 253 g/mol. The Hall–Kier alpha value is -0.640. The summed E-state index contributed by atoms with van der Waals surface area (Å²) in [6.45, 7) is 2.45. The van der Waals surface area contributed by atoms with Crippen molar-refractivity contribution in [2.45, 2.75) is 19.3 Å². The lowest BCUT2D eigenvalue weighted by Crippen LogP contribution is -2.39. The van der Waals surface area contributed by atoms with Crippen molar-refractivity contribution in [3.63, 3.8) is 0 Å². The number of nitrogens with one attached hydrogen (secondary N) is 1. The van der Waals surface area contributed by atoms with Gasteiger partial charge >= 0.3 is 0 Å². The van der Waals surface area contributed by atoms with Crippen molar-refractivity contribution in [1.82, 2.24) is 5.32 Å². The predicted molar refractivity (Wildman–Crippen MR) is 71.5 cm³/mol. The highest BCUT2D eigenvalue weighted by atomic mass is 35.5. The minimum absolute atomic E-state index is 0.129. The van der Waals surface area contributed by atoms with Crippen molar-refractivity contribution >= 4 is 11.6 Å². The van der Waals surface area contributed by atoms with E-state index in [1.807, 2.05) is 7.05 Å². The van der Waals surface area contributed by atoms with E-state index in [4.69, 9.17) is 16.3 Å². The Morgan fingerprint density at radius 3 is 2.78 bits per heavy atom. The average Bonchev–Trinajstić information content (AvgIpc) is 2.35. The molecule has 0 radical (unpaired) electrons. The Kier molecular flexibility index (Phi) is 4.60. The monoisotopic (exact) mass is 271 g/mol. The third-order valence-electron chi connectivity index (χ3n) is 3.68. The van der Waals surface area contributed by atoms with Gasteiger partial charge in [-0.25, -0.2) is 4.39 Å². The van der Waals surface area contributed by atoms with Crippen LogP contribution in [-0.2, 0) is 11.2 Å². The van der Waals surface area contributed by atoms with Crippen LogP contribution in [0.25, 0.3) is 0 Å². The molecule has 2 nitrogen and oxygen atoms in total. The van der Waals surface area contributed by atoms with E-state index in [-0.39, 0.29) is 11.2 Å². The van der Waals surface area contributed by atoms with Gasteiger partial charge in [0, 0.05) is 24.8 Å². The second kappa shape index (κ2) is 6.00.